The molecule has 0 radical (unpaired) electrons. The van der Waals surface area contributed by atoms with Gasteiger partial charge in [0.25, 0.3) is 10.0 Å². The maximum atomic E-state index is 12.5. The van der Waals surface area contributed by atoms with Gasteiger partial charge in [0.1, 0.15) is 18.0 Å². The first-order valence-electron chi connectivity index (χ1n) is 8.47. The first-order valence-corrected chi connectivity index (χ1v) is 9.91. The molecule has 3 rings (SSSR count). The van der Waals surface area contributed by atoms with Crippen molar-refractivity contribution in [2.45, 2.75) is 24.4 Å². The number of amides is 1. The van der Waals surface area contributed by atoms with Gasteiger partial charge in [-0.3, -0.25) is 4.79 Å². The van der Waals surface area contributed by atoms with Gasteiger partial charge in [0, 0.05) is 43.2 Å². The number of carbonyl (C=O) groups excluding carboxylic acids is 1. The number of rotatable bonds is 7. The van der Waals surface area contributed by atoms with E-state index < -0.39 is 10.0 Å². The molecule has 27 heavy (non-hydrogen) atoms. The second-order valence-corrected chi connectivity index (χ2v) is 8.03. The molecule has 0 bridgehead atoms. The van der Waals surface area contributed by atoms with E-state index >= 15 is 0 Å². The fourth-order valence-corrected chi connectivity index (χ4v) is 4.32. The van der Waals surface area contributed by atoms with Crippen LogP contribution in [-0.2, 0) is 21.4 Å². The minimum absolute atomic E-state index is 0.0414. The van der Waals surface area contributed by atoms with E-state index in [9.17, 15) is 13.2 Å². The molecule has 0 saturated carbocycles. The largest absolute Gasteiger partial charge is 0.497 e. The smallest absolute Gasteiger partial charge is 0.262 e. The van der Waals surface area contributed by atoms with Crippen molar-refractivity contribution < 1.29 is 22.7 Å². The van der Waals surface area contributed by atoms with Crippen molar-refractivity contribution in [3.05, 3.63) is 30.7 Å². The summed E-state index contributed by atoms with van der Waals surface area (Å²) in [5.41, 5.74) is 0.515. The Kier molecular flexibility index (Phi) is 5.66. The molecule has 1 saturated heterocycles. The Hall–Kier alpha value is -2.59. The van der Waals surface area contributed by atoms with Crippen molar-refractivity contribution >= 4 is 21.6 Å². The van der Waals surface area contributed by atoms with Crippen molar-refractivity contribution in [2.24, 2.45) is 0 Å². The third-order valence-corrected chi connectivity index (χ3v) is 6.02. The van der Waals surface area contributed by atoms with E-state index in [0.717, 1.165) is 12.8 Å². The lowest BCUT2D eigenvalue weighted by Gasteiger charge is -2.12. The molecule has 9 nitrogen and oxygen atoms in total. The fourth-order valence-electron chi connectivity index (χ4n) is 2.87. The van der Waals surface area contributed by atoms with E-state index in [-0.39, 0.29) is 17.5 Å². The molecule has 1 aromatic heterocycles. The fraction of sp³-hybridized carbons (Fsp3) is 0.412. The third-order valence-electron chi connectivity index (χ3n) is 4.24. The molecule has 0 unspecified atom stereocenters. The lowest BCUT2D eigenvalue weighted by atomic mass is 10.2. The van der Waals surface area contributed by atoms with Gasteiger partial charge in [-0.05, 0) is 12.8 Å². The molecule has 2 aromatic rings. The Morgan fingerprint density at radius 3 is 2.37 bits per heavy atom. The van der Waals surface area contributed by atoms with Crippen molar-refractivity contribution in [3.63, 3.8) is 0 Å². The normalized spacial score (nSPS) is 14.9. The first kappa shape index (κ1) is 19.2. The average molecular weight is 394 g/mol. The van der Waals surface area contributed by atoms with Gasteiger partial charge < -0.3 is 19.4 Å². The number of carbonyl (C=O) groups is 1. The zero-order chi connectivity index (χ0) is 19.4. The summed E-state index contributed by atoms with van der Waals surface area (Å²) in [4.78, 5) is 16.3. The maximum Gasteiger partial charge on any atom is 0.262 e. The Morgan fingerprint density at radius 1 is 1.15 bits per heavy atom. The summed E-state index contributed by atoms with van der Waals surface area (Å²) in [7, 11) is -0.550. The highest BCUT2D eigenvalue weighted by Crippen LogP contribution is 2.25. The molecule has 0 spiro atoms. The summed E-state index contributed by atoms with van der Waals surface area (Å²) in [6, 6.07) is 5.02. The number of methoxy groups -OCH3 is 2. The second-order valence-electron chi connectivity index (χ2n) is 6.14. The number of imidazole rings is 1. The van der Waals surface area contributed by atoms with Gasteiger partial charge in [0.05, 0.1) is 20.5 Å². The molecule has 0 atom stereocenters. The molecule has 1 aliphatic rings. The van der Waals surface area contributed by atoms with Crippen LogP contribution in [0.2, 0.25) is 0 Å². The number of ether oxygens (including phenoxy) is 2. The van der Waals surface area contributed by atoms with Crippen LogP contribution < -0.4 is 14.8 Å². The average Bonchev–Trinajstić information content (AvgIpc) is 3.33. The number of sulfonamides is 1. The lowest BCUT2D eigenvalue weighted by Crippen LogP contribution is -2.28. The molecule has 1 N–H and O–H groups in total. The van der Waals surface area contributed by atoms with Gasteiger partial charge in [-0.1, -0.05) is 0 Å². The topological polar surface area (TPSA) is 103 Å². The molecule has 1 amide bonds. The number of hydrogen-bond donors (Lipinski definition) is 1. The molecule has 2 heterocycles. The maximum absolute atomic E-state index is 12.5. The monoisotopic (exact) mass is 394 g/mol. The quantitative estimate of drug-likeness (QED) is 0.760. The van der Waals surface area contributed by atoms with Crippen molar-refractivity contribution in [1.82, 2.24) is 13.9 Å². The predicted octanol–water partition coefficient (Wildman–Crippen LogP) is 1.32. The first-order chi connectivity index (χ1) is 12.9. The zero-order valence-corrected chi connectivity index (χ0v) is 16.0. The van der Waals surface area contributed by atoms with E-state index in [1.807, 2.05) is 0 Å². The Morgan fingerprint density at radius 2 is 1.78 bits per heavy atom. The summed E-state index contributed by atoms with van der Waals surface area (Å²) in [5, 5.41) is 2.69. The van der Waals surface area contributed by atoms with Crippen LogP contribution in [0.25, 0.3) is 0 Å². The van der Waals surface area contributed by atoms with Gasteiger partial charge in [0.2, 0.25) is 5.91 Å². The molecule has 1 aliphatic heterocycles. The number of hydrogen-bond acceptors (Lipinski definition) is 6. The van der Waals surface area contributed by atoms with Crippen LogP contribution in [0.1, 0.15) is 12.8 Å². The Balaban J connectivity index is 1.68. The molecule has 10 heteroatoms. The van der Waals surface area contributed by atoms with Crippen molar-refractivity contribution in [3.8, 4) is 11.5 Å². The van der Waals surface area contributed by atoms with Gasteiger partial charge in [0.15, 0.2) is 5.03 Å². The molecule has 1 fully saturated rings. The van der Waals surface area contributed by atoms with Crippen LogP contribution in [-0.4, -0.2) is 55.5 Å². The summed E-state index contributed by atoms with van der Waals surface area (Å²) in [6.45, 7) is 0.947. The van der Waals surface area contributed by atoms with E-state index in [0.29, 0.717) is 30.3 Å². The minimum atomic E-state index is -3.59. The van der Waals surface area contributed by atoms with Crippen LogP contribution in [0.15, 0.2) is 35.7 Å². The summed E-state index contributed by atoms with van der Waals surface area (Å²) >= 11 is 0. The second kappa shape index (κ2) is 7.97. The standard InChI is InChI=1S/C17H22N4O5S/c1-25-14-7-13(8-15(9-14)26-2)19-16(22)10-20-11-17(18-12-20)27(23,24)21-5-3-4-6-21/h7-9,11-12H,3-6,10H2,1-2H3,(H,19,22). The van der Waals surface area contributed by atoms with E-state index in [1.54, 1.807) is 18.2 Å². The Labute approximate surface area is 158 Å². The van der Waals surface area contributed by atoms with Crippen LogP contribution in [0.5, 0.6) is 11.5 Å². The minimum Gasteiger partial charge on any atom is -0.497 e. The van der Waals surface area contributed by atoms with Crippen molar-refractivity contribution in [2.75, 3.05) is 32.6 Å². The molecular formula is C17H22N4O5S. The number of nitrogens with zero attached hydrogens (tertiary/aromatic N) is 3. The van der Waals surface area contributed by atoms with E-state index in [4.69, 9.17) is 9.47 Å². The Bertz CT molecular complexity index is 897. The van der Waals surface area contributed by atoms with Crippen LogP contribution in [0, 0.1) is 0 Å². The van der Waals surface area contributed by atoms with Gasteiger partial charge >= 0.3 is 0 Å². The highest BCUT2D eigenvalue weighted by molar-refractivity contribution is 7.89. The molecule has 146 valence electrons. The number of benzene rings is 1. The number of anilines is 1. The van der Waals surface area contributed by atoms with Crippen molar-refractivity contribution in [1.29, 1.82) is 0 Å². The molecular weight excluding hydrogens is 372 g/mol. The van der Waals surface area contributed by atoms with Gasteiger partial charge in [-0.2, -0.15) is 4.31 Å². The highest BCUT2D eigenvalue weighted by atomic mass is 32.2. The van der Waals surface area contributed by atoms with Crippen LogP contribution in [0.4, 0.5) is 5.69 Å². The van der Waals surface area contributed by atoms with E-state index in [1.165, 1.54) is 35.6 Å². The predicted molar refractivity (Wildman–Crippen MR) is 98.4 cm³/mol. The SMILES string of the molecule is COc1cc(NC(=O)Cn2cnc(S(=O)(=O)N3CCCC3)c2)cc(OC)c1. The van der Waals surface area contributed by atoms with Gasteiger partial charge in [-0.15, -0.1) is 0 Å². The van der Waals surface area contributed by atoms with Gasteiger partial charge in [-0.25, -0.2) is 13.4 Å². The molecule has 1 aromatic carbocycles. The lowest BCUT2D eigenvalue weighted by molar-refractivity contribution is -0.116. The van der Waals surface area contributed by atoms with Crippen LogP contribution in [0.3, 0.4) is 0 Å². The zero-order valence-electron chi connectivity index (χ0n) is 15.2. The highest BCUT2D eigenvalue weighted by Gasteiger charge is 2.29. The van der Waals surface area contributed by atoms with Crippen LogP contribution >= 0.6 is 0 Å². The third kappa shape index (κ3) is 4.40. The molecule has 0 aliphatic carbocycles. The number of aromatic nitrogens is 2. The number of nitrogens with one attached hydrogen (secondary N) is 1. The summed E-state index contributed by atoms with van der Waals surface area (Å²) < 4.78 is 38.2. The van der Waals surface area contributed by atoms with E-state index in [2.05, 4.69) is 10.3 Å². The summed E-state index contributed by atoms with van der Waals surface area (Å²) in [5.74, 6) is 0.769. The summed E-state index contributed by atoms with van der Waals surface area (Å²) in [6.07, 6.45) is 4.42.